The zero-order valence-corrected chi connectivity index (χ0v) is 18.8. The van der Waals surface area contributed by atoms with E-state index in [1.807, 2.05) is 0 Å². The molecule has 0 aliphatic carbocycles. The number of halogens is 4. The second kappa shape index (κ2) is 10.2. The number of carbonyl (C=O) groups is 3. The number of esters is 1. The van der Waals surface area contributed by atoms with E-state index in [-0.39, 0.29) is 29.6 Å². The van der Waals surface area contributed by atoms with E-state index in [2.05, 4.69) is 5.32 Å². The number of benzene rings is 2. The second-order valence-electron chi connectivity index (χ2n) is 7.29. The van der Waals surface area contributed by atoms with E-state index in [0.29, 0.717) is 23.3 Å². The SMILES string of the molecule is COc1ccc(OC)c(N2C[C@@H](C(=O)OCC(=O)Nc3cc(C(F)(F)F)ccc3Cl)CC2=O)c1. The van der Waals surface area contributed by atoms with Gasteiger partial charge in [0, 0.05) is 19.0 Å². The molecule has 1 fully saturated rings. The molecule has 0 bridgehead atoms. The van der Waals surface area contributed by atoms with Crippen LogP contribution in [0.25, 0.3) is 0 Å². The van der Waals surface area contributed by atoms with Gasteiger partial charge >= 0.3 is 12.1 Å². The lowest BCUT2D eigenvalue weighted by molar-refractivity contribution is -0.151. The fourth-order valence-electron chi connectivity index (χ4n) is 3.34. The molecule has 12 heteroatoms. The zero-order chi connectivity index (χ0) is 25.0. The summed E-state index contributed by atoms with van der Waals surface area (Å²) < 4.78 is 54.0. The Hall–Kier alpha value is -3.47. The van der Waals surface area contributed by atoms with Gasteiger partial charge in [0.25, 0.3) is 5.91 Å². The molecule has 1 aliphatic rings. The fraction of sp³-hybridized carbons (Fsp3) is 0.318. The summed E-state index contributed by atoms with van der Waals surface area (Å²) in [6, 6.07) is 7.32. The van der Waals surface area contributed by atoms with Crippen molar-refractivity contribution in [1.29, 1.82) is 0 Å². The molecule has 0 unspecified atom stereocenters. The Morgan fingerprint density at radius 3 is 2.53 bits per heavy atom. The molecule has 2 aromatic carbocycles. The van der Waals surface area contributed by atoms with E-state index in [4.69, 9.17) is 25.8 Å². The molecular weight excluding hydrogens is 481 g/mol. The van der Waals surface area contributed by atoms with Crippen LogP contribution in [0.15, 0.2) is 36.4 Å². The molecule has 2 amide bonds. The number of amides is 2. The number of alkyl halides is 3. The number of rotatable bonds is 7. The summed E-state index contributed by atoms with van der Waals surface area (Å²) in [5.74, 6) is -2.00. The van der Waals surface area contributed by atoms with E-state index >= 15 is 0 Å². The maximum absolute atomic E-state index is 12.9. The van der Waals surface area contributed by atoms with Crippen molar-refractivity contribution >= 4 is 40.8 Å². The van der Waals surface area contributed by atoms with Gasteiger partial charge in [-0.3, -0.25) is 14.4 Å². The molecule has 3 rings (SSSR count). The van der Waals surface area contributed by atoms with Crippen molar-refractivity contribution in [3.8, 4) is 11.5 Å². The van der Waals surface area contributed by atoms with Gasteiger partial charge in [0.15, 0.2) is 6.61 Å². The van der Waals surface area contributed by atoms with Gasteiger partial charge in [-0.15, -0.1) is 0 Å². The lowest BCUT2D eigenvalue weighted by Crippen LogP contribution is -2.28. The molecule has 0 saturated carbocycles. The van der Waals surface area contributed by atoms with Crippen LogP contribution in [0.3, 0.4) is 0 Å². The van der Waals surface area contributed by atoms with Crippen LogP contribution in [0.4, 0.5) is 24.5 Å². The molecule has 1 aliphatic heterocycles. The molecule has 2 aromatic rings. The summed E-state index contributed by atoms with van der Waals surface area (Å²) in [6.45, 7) is -0.777. The van der Waals surface area contributed by atoms with Crippen molar-refractivity contribution < 1.29 is 41.8 Å². The third kappa shape index (κ3) is 5.71. The maximum Gasteiger partial charge on any atom is 0.416 e. The van der Waals surface area contributed by atoms with Crippen LogP contribution < -0.4 is 19.7 Å². The number of nitrogens with zero attached hydrogens (tertiary/aromatic N) is 1. The third-order valence-corrected chi connectivity index (χ3v) is 5.38. The Morgan fingerprint density at radius 1 is 1.15 bits per heavy atom. The summed E-state index contributed by atoms with van der Waals surface area (Å²) in [6.07, 6.45) is -4.77. The highest BCUT2D eigenvalue weighted by atomic mass is 35.5. The Morgan fingerprint density at radius 2 is 1.88 bits per heavy atom. The Balaban J connectivity index is 1.61. The van der Waals surface area contributed by atoms with Crippen molar-refractivity contribution in [2.24, 2.45) is 5.92 Å². The highest BCUT2D eigenvalue weighted by Gasteiger charge is 2.38. The fourth-order valence-corrected chi connectivity index (χ4v) is 3.51. The van der Waals surface area contributed by atoms with Gasteiger partial charge in [-0.25, -0.2) is 0 Å². The van der Waals surface area contributed by atoms with Crippen molar-refractivity contribution in [1.82, 2.24) is 0 Å². The monoisotopic (exact) mass is 500 g/mol. The average Bonchev–Trinajstić information content (AvgIpc) is 3.19. The Bertz CT molecular complexity index is 1110. The van der Waals surface area contributed by atoms with Gasteiger partial charge in [-0.1, -0.05) is 11.6 Å². The molecule has 0 aromatic heterocycles. The van der Waals surface area contributed by atoms with Gasteiger partial charge < -0.3 is 24.4 Å². The molecule has 34 heavy (non-hydrogen) atoms. The molecular formula is C22H20ClF3N2O6. The first-order valence-corrected chi connectivity index (χ1v) is 10.3. The van der Waals surface area contributed by atoms with Gasteiger partial charge in [0.2, 0.25) is 5.91 Å². The summed E-state index contributed by atoms with van der Waals surface area (Å²) in [7, 11) is 2.90. The Kier molecular flexibility index (Phi) is 7.55. The van der Waals surface area contributed by atoms with Crippen LogP contribution in [0.2, 0.25) is 5.02 Å². The highest BCUT2D eigenvalue weighted by molar-refractivity contribution is 6.33. The first-order chi connectivity index (χ1) is 16.0. The number of ether oxygens (including phenoxy) is 3. The van der Waals surface area contributed by atoms with E-state index in [0.717, 1.165) is 12.1 Å². The highest BCUT2D eigenvalue weighted by Crippen LogP contribution is 2.36. The summed E-state index contributed by atoms with van der Waals surface area (Å²) >= 11 is 5.84. The molecule has 0 spiro atoms. The molecule has 1 saturated heterocycles. The van der Waals surface area contributed by atoms with Crippen molar-refractivity contribution in [3.05, 3.63) is 47.0 Å². The Labute approximate surface area is 197 Å². The van der Waals surface area contributed by atoms with Gasteiger partial charge in [0.05, 0.1) is 42.1 Å². The van der Waals surface area contributed by atoms with Crippen molar-refractivity contribution in [3.63, 3.8) is 0 Å². The van der Waals surface area contributed by atoms with Crippen molar-refractivity contribution in [2.75, 3.05) is 37.6 Å². The normalized spacial score (nSPS) is 15.8. The predicted molar refractivity (Wildman–Crippen MR) is 116 cm³/mol. The lowest BCUT2D eigenvalue weighted by Gasteiger charge is -2.20. The second-order valence-corrected chi connectivity index (χ2v) is 7.70. The molecule has 1 N–H and O–H groups in total. The molecule has 8 nitrogen and oxygen atoms in total. The first kappa shape index (κ1) is 25.2. The van der Waals surface area contributed by atoms with E-state index < -0.39 is 36.1 Å². The number of hydrogen-bond donors (Lipinski definition) is 1. The van der Waals surface area contributed by atoms with E-state index in [1.54, 1.807) is 18.2 Å². The zero-order valence-electron chi connectivity index (χ0n) is 18.1. The average molecular weight is 501 g/mol. The first-order valence-electron chi connectivity index (χ1n) is 9.89. The largest absolute Gasteiger partial charge is 0.497 e. The predicted octanol–water partition coefficient (Wildman–Crippen LogP) is 3.91. The number of methoxy groups -OCH3 is 2. The van der Waals surface area contributed by atoms with E-state index in [9.17, 15) is 27.6 Å². The van der Waals surface area contributed by atoms with Crippen LogP contribution >= 0.6 is 11.6 Å². The third-order valence-electron chi connectivity index (χ3n) is 5.05. The quantitative estimate of drug-likeness (QED) is 0.579. The number of nitrogens with one attached hydrogen (secondary N) is 1. The van der Waals surface area contributed by atoms with Gasteiger partial charge in [-0.05, 0) is 30.3 Å². The van der Waals surface area contributed by atoms with Gasteiger partial charge in [0.1, 0.15) is 11.5 Å². The lowest BCUT2D eigenvalue weighted by atomic mass is 10.1. The number of hydrogen-bond acceptors (Lipinski definition) is 6. The van der Waals surface area contributed by atoms with Crippen LogP contribution in [0.1, 0.15) is 12.0 Å². The number of anilines is 2. The van der Waals surface area contributed by atoms with Gasteiger partial charge in [-0.2, -0.15) is 13.2 Å². The maximum atomic E-state index is 12.9. The smallest absolute Gasteiger partial charge is 0.416 e. The number of carbonyl (C=O) groups excluding carboxylic acids is 3. The van der Waals surface area contributed by atoms with Crippen molar-refractivity contribution in [2.45, 2.75) is 12.6 Å². The summed E-state index contributed by atoms with van der Waals surface area (Å²) in [4.78, 5) is 38.4. The minimum Gasteiger partial charge on any atom is -0.497 e. The minimum absolute atomic E-state index is 0.0116. The molecule has 182 valence electrons. The van der Waals surface area contributed by atoms with Crippen LogP contribution in [-0.2, 0) is 25.3 Å². The molecule has 1 heterocycles. The summed E-state index contributed by atoms with van der Waals surface area (Å²) in [5, 5.41) is 2.07. The minimum atomic E-state index is -4.62. The molecule has 0 radical (unpaired) electrons. The molecule has 1 atom stereocenters. The van der Waals surface area contributed by atoms with Crippen LogP contribution in [-0.4, -0.2) is 45.2 Å². The van der Waals surface area contributed by atoms with Crippen LogP contribution in [0, 0.1) is 5.92 Å². The standard InChI is InChI=1S/C22H20ClF3N2O6/c1-32-14-4-6-18(33-2)17(9-14)28-10-12(7-20(28)30)21(31)34-11-19(29)27-16-8-13(22(24,25)26)3-5-15(16)23/h3-6,8-9,12H,7,10-11H2,1-2H3,(H,27,29)/t12-/m0/s1. The van der Waals surface area contributed by atoms with Crippen LogP contribution in [0.5, 0.6) is 11.5 Å². The van der Waals surface area contributed by atoms with E-state index in [1.165, 1.54) is 19.1 Å². The topological polar surface area (TPSA) is 94.2 Å². The summed E-state index contributed by atoms with van der Waals surface area (Å²) in [5.41, 5.74) is -0.856.